The van der Waals surface area contributed by atoms with Crippen molar-refractivity contribution >= 4 is 35.9 Å². The Balaban J connectivity index is 0.00000280. The summed E-state index contributed by atoms with van der Waals surface area (Å²) in [6.45, 7) is 5.28. The fraction of sp³-hybridized carbons (Fsp3) is 0.619. The van der Waals surface area contributed by atoms with Crippen LogP contribution in [0.25, 0.3) is 0 Å². The van der Waals surface area contributed by atoms with Gasteiger partial charge in [-0.15, -0.1) is 24.0 Å². The van der Waals surface area contributed by atoms with Gasteiger partial charge < -0.3 is 19.7 Å². The van der Waals surface area contributed by atoms with Crippen LogP contribution in [0, 0.1) is 11.8 Å². The van der Waals surface area contributed by atoms with Crippen LogP contribution < -0.4 is 10.1 Å². The summed E-state index contributed by atoms with van der Waals surface area (Å²) < 4.78 is 11.2. The van der Waals surface area contributed by atoms with Gasteiger partial charge in [-0.3, -0.25) is 9.79 Å². The van der Waals surface area contributed by atoms with Crippen LogP contribution in [0.4, 0.5) is 0 Å². The third-order valence-electron chi connectivity index (χ3n) is 5.13. The average molecular weight is 501 g/mol. The number of halogens is 1. The Kier molecular flexibility index (Phi) is 9.34. The van der Waals surface area contributed by atoms with E-state index in [4.69, 9.17) is 9.47 Å². The number of hydrogen-bond donors (Lipinski definition) is 1. The van der Waals surface area contributed by atoms with Gasteiger partial charge in [-0.05, 0) is 44.6 Å². The molecule has 1 aliphatic heterocycles. The molecule has 1 aromatic rings. The molecule has 1 saturated heterocycles. The highest BCUT2D eigenvalue weighted by Gasteiger charge is 2.28. The molecule has 3 rings (SSSR count). The SMILES string of the molecule is CCOC(=O)C1CCCN(C(=NC)NCc2ccccc2OCC2CC2)C1.I. The van der Waals surface area contributed by atoms with Gasteiger partial charge in [-0.2, -0.15) is 0 Å². The number of aliphatic imine (C=N–C) groups is 1. The number of ether oxygens (including phenoxy) is 2. The lowest BCUT2D eigenvalue weighted by Gasteiger charge is -2.34. The number of benzene rings is 1. The molecule has 1 aromatic carbocycles. The number of carbonyl (C=O) groups excluding carboxylic acids is 1. The molecule has 0 bridgehead atoms. The van der Waals surface area contributed by atoms with Gasteiger partial charge in [0, 0.05) is 32.2 Å². The van der Waals surface area contributed by atoms with Crippen LogP contribution in [0.15, 0.2) is 29.3 Å². The van der Waals surface area contributed by atoms with Crippen LogP contribution in [0.5, 0.6) is 5.75 Å². The van der Waals surface area contributed by atoms with E-state index in [0.29, 0.717) is 19.7 Å². The molecule has 6 nitrogen and oxygen atoms in total. The van der Waals surface area contributed by atoms with E-state index in [1.807, 2.05) is 25.1 Å². The zero-order valence-electron chi connectivity index (χ0n) is 16.9. The van der Waals surface area contributed by atoms with Crippen LogP contribution in [-0.4, -0.2) is 50.2 Å². The maximum absolute atomic E-state index is 12.1. The highest BCUT2D eigenvalue weighted by Crippen LogP contribution is 2.30. The van der Waals surface area contributed by atoms with E-state index >= 15 is 0 Å². The molecule has 1 N–H and O–H groups in total. The standard InChI is InChI=1S/C21H31N3O3.HI/c1-3-26-20(25)18-8-6-12-24(14-18)21(22-2)23-13-17-7-4-5-9-19(17)27-15-16-10-11-16;/h4-5,7,9,16,18H,3,6,8,10-15H2,1-2H3,(H,22,23);1H. The minimum atomic E-state index is -0.100. The van der Waals surface area contributed by atoms with E-state index < -0.39 is 0 Å². The Morgan fingerprint density at radius 2 is 2.07 bits per heavy atom. The van der Waals surface area contributed by atoms with Gasteiger partial charge in [0.25, 0.3) is 0 Å². The summed E-state index contributed by atoms with van der Waals surface area (Å²) in [6, 6.07) is 8.15. The first-order chi connectivity index (χ1) is 13.2. The molecule has 1 saturated carbocycles. The fourth-order valence-corrected chi connectivity index (χ4v) is 3.41. The number of carbonyl (C=O) groups is 1. The highest BCUT2D eigenvalue weighted by atomic mass is 127. The zero-order chi connectivity index (χ0) is 19.1. The Bertz CT molecular complexity index is 664. The quantitative estimate of drug-likeness (QED) is 0.269. The molecule has 156 valence electrons. The van der Waals surface area contributed by atoms with E-state index in [0.717, 1.165) is 49.2 Å². The van der Waals surface area contributed by atoms with E-state index in [9.17, 15) is 4.79 Å². The summed E-state index contributed by atoms with van der Waals surface area (Å²) in [5, 5.41) is 3.43. The second-order valence-electron chi connectivity index (χ2n) is 7.30. The lowest BCUT2D eigenvalue weighted by Crippen LogP contribution is -2.48. The molecule has 0 radical (unpaired) electrons. The van der Waals surface area contributed by atoms with Gasteiger partial charge in [-0.1, -0.05) is 18.2 Å². The molecule has 7 heteroatoms. The van der Waals surface area contributed by atoms with E-state index in [1.165, 1.54) is 12.8 Å². The number of likely N-dealkylation sites (tertiary alicyclic amines) is 1. The number of hydrogen-bond acceptors (Lipinski definition) is 4. The van der Waals surface area contributed by atoms with E-state index in [2.05, 4.69) is 21.3 Å². The van der Waals surface area contributed by atoms with E-state index in [1.54, 1.807) is 7.05 Å². The second-order valence-corrected chi connectivity index (χ2v) is 7.30. The van der Waals surface area contributed by atoms with Crippen molar-refractivity contribution in [3.8, 4) is 5.75 Å². The number of para-hydroxylation sites is 1. The molecule has 1 unspecified atom stereocenters. The second kappa shape index (κ2) is 11.5. The first-order valence-electron chi connectivity index (χ1n) is 10.0. The molecular formula is C21H32IN3O3. The predicted molar refractivity (Wildman–Crippen MR) is 121 cm³/mol. The van der Waals surface area contributed by atoms with Crippen molar-refractivity contribution < 1.29 is 14.3 Å². The number of guanidine groups is 1. The van der Waals surface area contributed by atoms with Gasteiger partial charge >= 0.3 is 5.97 Å². The number of nitrogens with zero attached hydrogens (tertiary/aromatic N) is 2. The molecule has 1 heterocycles. The molecule has 2 aliphatic rings. The first kappa shape index (κ1) is 22.8. The third kappa shape index (κ3) is 6.53. The molecule has 1 atom stereocenters. The Hall–Kier alpha value is -1.51. The van der Waals surface area contributed by atoms with Gasteiger partial charge in [-0.25, -0.2) is 0 Å². The minimum absolute atomic E-state index is 0. The summed E-state index contributed by atoms with van der Waals surface area (Å²) in [7, 11) is 1.78. The summed E-state index contributed by atoms with van der Waals surface area (Å²) in [5.41, 5.74) is 1.12. The fourth-order valence-electron chi connectivity index (χ4n) is 3.41. The van der Waals surface area contributed by atoms with Gasteiger partial charge in [0.15, 0.2) is 5.96 Å². The van der Waals surface area contributed by atoms with Gasteiger partial charge in [0.1, 0.15) is 5.75 Å². The molecule has 0 amide bonds. The van der Waals surface area contributed by atoms with Gasteiger partial charge in [0.05, 0.1) is 19.1 Å². The monoisotopic (exact) mass is 501 g/mol. The molecular weight excluding hydrogens is 469 g/mol. The smallest absolute Gasteiger partial charge is 0.310 e. The molecule has 2 fully saturated rings. The number of rotatable bonds is 7. The molecule has 28 heavy (non-hydrogen) atoms. The normalized spacial score (nSPS) is 19.6. The number of nitrogens with one attached hydrogen (secondary N) is 1. The topological polar surface area (TPSA) is 63.2 Å². The Labute approximate surface area is 185 Å². The number of piperidine rings is 1. The summed E-state index contributed by atoms with van der Waals surface area (Å²) >= 11 is 0. The van der Waals surface area contributed by atoms with Crippen molar-refractivity contribution in [2.45, 2.75) is 39.2 Å². The summed E-state index contributed by atoms with van der Waals surface area (Å²) in [5.74, 6) is 2.31. The largest absolute Gasteiger partial charge is 0.493 e. The van der Waals surface area contributed by atoms with Crippen LogP contribution in [-0.2, 0) is 16.1 Å². The first-order valence-corrected chi connectivity index (χ1v) is 10.0. The third-order valence-corrected chi connectivity index (χ3v) is 5.13. The van der Waals surface area contributed by atoms with Crippen LogP contribution in [0.2, 0.25) is 0 Å². The number of esters is 1. The van der Waals surface area contributed by atoms with Crippen LogP contribution in [0.3, 0.4) is 0 Å². The van der Waals surface area contributed by atoms with Crippen LogP contribution >= 0.6 is 24.0 Å². The summed E-state index contributed by atoms with van der Waals surface area (Å²) in [4.78, 5) is 18.7. The van der Waals surface area contributed by atoms with E-state index in [-0.39, 0.29) is 35.9 Å². The Morgan fingerprint density at radius 3 is 2.79 bits per heavy atom. The average Bonchev–Trinajstić information content (AvgIpc) is 3.52. The molecule has 1 aliphatic carbocycles. The van der Waals surface area contributed by atoms with Crippen molar-refractivity contribution in [1.29, 1.82) is 0 Å². The minimum Gasteiger partial charge on any atom is -0.493 e. The van der Waals surface area contributed by atoms with Crippen LogP contribution in [0.1, 0.15) is 38.2 Å². The van der Waals surface area contributed by atoms with Crippen molar-refractivity contribution in [3.05, 3.63) is 29.8 Å². The lowest BCUT2D eigenvalue weighted by atomic mass is 9.98. The van der Waals surface area contributed by atoms with Crippen molar-refractivity contribution in [3.63, 3.8) is 0 Å². The van der Waals surface area contributed by atoms with Crippen molar-refractivity contribution in [2.75, 3.05) is 33.4 Å². The highest BCUT2D eigenvalue weighted by molar-refractivity contribution is 14.0. The molecule has 0 spiro atoms. The van der Waals surface area contributed by atoms with Crippen molar-refractivity contribution in [1.82, 2.24) is 10.2 Å². The predicted octanol–water partition coefficient (Wildman–Crippen LogP) is 3.44. The maximum Gasteiger partial charge on any atom is 0.310 e. The lowest BCUT2D eigenvalue weighted by molar-refractivity contribution is -0.149. The maximum atomic E-state index is 12.1. The van der Waals surface area contributed by atoms with Gasteiger partial charge in [0.2, 0.25) is 0 Å². The Morgan fingerprint density at radius 1 is 1.29 bits per heavy atom. The summed E-state index contributed by atoms with van der Waals surface area (Å²) in [6.07, 6.45) is 4.41. The molecule has 0 aromatic heterocycles. The zero-order valence-corrected chi connectivity index (χ0v) is 19.2. The van der Waals surface area contributed by atoms with Crippen molar-refractivity contribution in [2.24, 2.45) is 16.8 Å².